The van der Waals surface area contributed by atoms with Crippen molar-refractivity contribution in [1.29, 1.82) is 0 Å². The van der Waals surface area contributed by atoms with Gasteiger partial charge in [-0.15, -0.1) is 11.3 Å². The van der Waals surface area contributed by atoms with Crippen LogP contribution < -0.4 is 10.9 Å². The van der Waals surface area contributed by atoms with Gasteiger partial charge in [-0.3, -0.25) is 9.59 Å². The summed E-state index contributed by atoms with van der Waals surface area (Å²) in [4.78, 5) is 24.9. The molecule has 23 heavy (non-hydrogen) atoms. The van der Waals surface area contributed by atoms with Crippen molar-refractivity contribution in [2.75, 3.05) is 5.32 Å². The summed E-state index contributed by atoms with van der Waals surface area (Å²) in [5, 5.41) is 9.28. The number of anilines is 1. The second kappa shape index (κ2) is 6.76. The van der Waals surface area contributed by atoms with Crippen LogP contribution in [-0.2, 0) is 11.3 Å². The van der Waals surface area contributed by atoms with E-state index in [0.29, 0.717) is 16.4 Å². The highest BCUT2D eigenvalue weighted by Crippen LogP contribution is 2.21. The molecule has 3 aromatic rings. The summed E-state index contributed by atoms with van der Waals surface area (Å²) < 4.78 is 1.14. The van der Waals surface area contributed by atoms with Crippen molar-refractivity contribution in [2.45, 2.75) is 6.54 Å². The summed E-state index contributed by atoms with van der Waals surface area (Å²) in [5.41, 5.74) is 0.825. The lowest BCUT2D eigenvalue weighted by Crippen LogP contribution is -2.29. The Morgan fingerprint density at radius 1 is 1.17 bits per heavy atom. The zero-order valence-corrected chi connectivity index (χ0v) is 13.5. The van der Waals surface area contributed by atoms with Gasteiger partial charge in [0, 0.05) is 6.07 Å². The second-order valence-electron chi connectivity index (χ2n) is 4.72. The number of carbonyl (C=O) groups is 1. The molecule has 7 heteroatoms. The molecule has 0 saturated heterocycles. The fraction of sp³-hybridized carbons (Fsp3) is 0.0625. The van der Waals surface area contributed by atoms with Crippen molar-refractivity contribution in [3.05, 3.63) is 69.3 Å². The van der Waals surface area contributed by atoms with Crippen LogP contribution in [-0.4, -0.2) is 15.7 Å². The minimum Gasteiger partial charge on any atom is -0.323 e. The van der Waals surface area contributed by atoms with E-state index in [-0.39, 0.29) is 18.0 Å². The van der Waals surface area contributed by atoms with Gasteiger partial charge in [-0.25, -0.2) is 4.68 Å². The number of carbonyl (C=O) groups excluding carboxylic acids is 1. The van der Waals surface area contributed by atoms with E-state index in [4.69, 9.17) is 11.6 Å². The summed E-state index contributed by atoms with van der Waals surface area (Å²) in [5.74, 6) is -0.365. The van der Waals surface area contributed by atoms with E-state index < -0.39 is 0 Å². The van der Waals surface area contributed by atoms with Crippen LogP contribution in [0, 0.1) is 0 Å². The van der Waals surface area contributed by atoms with Crippen LogP contribution >= 0.6 is 22.9 Å². The highest BCUT2D eigenvalue weighted by molar-refractivity contribution is 7.13. The average molecular weight is 346 g/mol. The Hall–Kier alpha value is -2.44. The number of hydrogen-bond acceptors (Lipinski definition) is 4. The van der Waals surface area contributed by atoms with Gasteiger partial charge < -0.3 is 5.32 Å². The number of nitrogens with zero attached hydrogens (tertiary/aromatic N) is 2. The highest BCUT2D eigenvalue weighted by Gasteiger charge is 2.10. The average Bonchev–Trinajstić information content (AvgIpc) is 3.06. The maximum Gasteiger partial charge on any atom is 0.267 e. The Morgan fingerprint density at radius 3 is 2.74 bits per heavy atom. The predicted octanol–water partition coefficient (Wildman–Crippen LogP) is 3.26. The van der Waals surface area contributed by atoms with Gasteiger partial charge in [0.1, 0.15) is 12.2 Å². The number of benzene rings is 1. The lowest BCUT2D eigenvalue weighted by molar-refractivity contribution is -0.117. The molecule has 2 heterocycles. The van der Waals surface area contributed by atoms with Crippen molar-refractivity contribution in [3.63, 3.8) is 0 Å². The molecule has 0 bridgehead atoms. The maximum absolute atomic E-state index is 12.1. The smallest absolute Gasteiger partial charge is 0.267 e. The number of halogens is 1. The molecule has 1 amide bonds. The highest BCUT2D eigenvalue weighted by atomic mass is 35.5. The van der Waals surface area contributed by atoms with E-state index in [0.717, 1.165) is 9.56 Å². The van der Waals surface area contributed by atoms with Gasteiger partial charge in [0.05, 0.1) is 15.6 Å². The largest absolute Gasteiger partial charge is 0.323 e. The van der Waals surface area contributed by atoms with Crippen LogP contribution in [0.1, 0.15) is 0 Å². The first kappa shape index (κ1) is 15.5. The van der Waals surface area contributed by atoms with Gasteiger partial charge in [0.15, 0.2) is 0 Å². The Balaban J connectivity index is 1.80. The molecule has 116 valence electrons. The number of amides is 1. The molecule has 0 spiro atoms. The lowest BCUT2D eigenvalue weighted by atomic mass is 10.3. The van der Waals surface area contributed by atoms with Gasteiger partial charge in [0.25, 0.3) is 5.56 Å². The van der Waals surface area contributed by atoms with Gasteiger partial charge >= 0.3 is 0 Å². The van der Waals surface area contributed by atoms with E-state index in [9.17, 15) is 9.59 Å². The monoisotopic (exact) mass is 345 g/mol. The van der Waals surface area contributed by atoms with Gasteiger partial charge in [0.2, 0.25) is 5.91 Å². The first-order chi connectivity index (χ1) is 11.1. The third kappa shape index (κ3) is 3.67. The molecule has 0 aliphatic carbocycles. The minimum atomic E-state index is -0.365. The maximum atomic E-state index is 12.1. The fourth-order valence-electron chi connectivity index (χ4n) is 2.01. The standard InChI is InChI=1S/C16H12ClN3O2S/c17-11-4-1-2-5-12(11)18-15(21)10-20-16(22)8-7-13(19-20)14-6-3-9-23-14/h1-9H,10H2,(H,18,21). The molecule has 0 fully saturated rings. The number of aromatic nitrogens is 2. The van der Waals surface area contributed by atoms with Gasteiger partial charge in [-0.1, -0.05) is 29.8 Å². The number of hydrogen-bond donors (Lipinski definition) is 1. The van der Waals surface area contributed by atoms with E-state index >= 15 is 0 Å². The number of nitrogens with one attached hydrogen (secondary N) is 1. The first-order valence-corrected chi connectivity index (χ1v) is 8.06. The minimum absolute atomic E-state index is 0.177. The lowest BCUT2D eigenvalue weighted by Gasteiger charge is -2.08. The third-order valence-electron chi connectivity index (χ3n) is 3.08. The van der Waals surface area contributed by atoms with E-state index in [1.165, 1.54) is 17.4 Å². The first-order valence-electron chi connectivity index (χ1n) is 6.80. The molecule has 5 nitrogen and oxygen atoms in total. The van der Waals surface area contributed by atoms with Crippen molar-refractivity contribution in [3.8, 4) is 10.6 Å². The third-order valence-corrected chi connectivity index (χ3v) is 4.30. The molecule has 0 radical (unpaired) electrons. The van der Waals surface area contributed by atoms with E-state index in [2.05, 4.69) is 10.4 Å². The zero-order valence-electron chi connectivity index (χ0n) is 11.9. The van der Waals surface area contributed by atoms with Gasteiger partial charge in [-0.2, -0.15) is 5.10 Å². The molecular formula is C16H12ClN3O2S. The van der Waals surface area contributed by atoms with Crippen LogP contribution in [0.5, 0.6) is 0 Å². The van der Waals surface area contributed by atoms with Crippen LogP contribution in [0.4, 0.5) is 5.69 Å². The Labute approximate surface area is 141 Å². The zero-order chi connectivity index (χ0) is 16.2. The molecule has 1 aromatic carbocycles. The van der Waals surface area contributed by atoms with Crippen molar-refractivity contribution in [2.24, 2.45) is 0 Å². The number of thiophene rings is 1. The van der Waals surface area contributed by atoms with E-state index in [1.54, 1.807) is 30.3 Å². The summed E-state index contributed by atoms with van der Waals surface area (Å²) >= 11 is 7.52. The fourth-order valence-corrected chi connectivity index (χ4v) is 2.88. The van der Waals surface area contributed by atoms with Crippen LogP contribution in [0.25, 0.3) is 10.6 Å². The van der Waals surface area contributed by atoms with Crippen LogP contribution in [0.15, 0.2) is 58.7 Å². The number of rotatable bonds is 4. The van der Waals surface area contributed by atoms with Gasteiger partial charge in [-0.05, 0) is 29.6 Å². The summed E-state index contributed by atoms with van der Waals surface area (Å²) in [6, 6.07) is 13.8. The molecule has 3 rings (SSSR count). The predicted molar refractivity (Wildman–Crippen MR) is 91.9 cm³/mol. The molecule has 0 atom stereocenters. The molecule has 0 unspecified atom stereocenters. The Kier molecular flexibility index (Phi) is 4.55. The van der Waals surface area contributed by atoms with Crippen molar-refractivity contribution >= 4 is 34.5 Å². The topological polar surface area (TPSA) is 64.0 Å². The summed E-state index contributed by atoms with van der Waals surface area (Å²) in [7, 11) is 0. The molecule has 0 aliphatic heterocycles. The number of para-hydroxylation sites is 1. The van der Waals surface area contributed by atoms with Crippen molar-refractivity contribution in [1.82, 2.24) is 9.78 Å². The SMILES string of the molecule is O=C(Cn1nc(-c2cccs2)ccc1=O)Nc1ccccc1Cl. The second-order valence-corrected chi connectivity index (χ2v) is 6.07. The molecule has 2 aromatic heterocycles. The normalized spacial score (nSPS) is 10.5. The Morgan fingerprint density at radius 2 is 2.00 bits per heavy atom. The summed E-state index contributed by atoms with van der Waals surface area (Å²) in [6.07, 6.45) is 0. The molecular weight excluding hydrogens is 334 g/mol. The Bertz CT molecular complexity index is 890. The van der Waals surface area contributed by atoms with Crippen molar-refractivity contribution < 1.29 is 4.79 Å². The van der Waals surface area contributed by atoms with Crippen LogP contribution in [0.2, 0.25) is 5.02 Å². The molecule has 0 aliphatic rings. The van der Waals surface area contributed by atoms with Crippen LogP contribution in [0.3, 0.4) is 0 Å². The molecule has 0 saturated carbocycles. The summed E-state index contributed by atoms with van der Waals surface area (Å²) in [6.45, 7) is -0.177. The molecule has 1 N–H and O–H groups in total. The quantitative estimate of drug-likeness (QED) is 0.789. The van der Waals surface area contributed by atoms with E-state index in [1.807, 2.05) is 17.5 Å².